The first-order chi connectivity index (χ1) is 9.85. The third kappa shape index (κ3) is 2.28. The van der Waals surface area contributed by atoms with Crippen molar-refractivity contribution in [1.29, 1.82) is 0 Å². The molecule has 5 nitrogen and oxygen atoms in total. The van der Waals surface area contributed by atoms with Crippen molar-refractivity contribution in [1.82, 2.24) is 19.7 Å². The van der Waals surface area contributed by atoms with E-state index in [1.807, 2.05) is 25.2 Å². The molecular formula is C14H17N5S. The first kappa shape index (κ1) is 12.2. The molecule has 2 fully saturated rings. The maximum Gasteiger partial charge on any atom is 0.197 e. The van der Waals surface area contributed by atoms with Crippen molar-refractivity contribution in [2.45, 2.75) is 47.8 Å². The zero-order valence-electron chi connectivity index (χ0n) is 11.4. The molecule has 0 amide bonds. The fraction of sp³-hybridized carbons (Fsp3) is 0.500. The Morgan fingerprint density at radius 3 is 2.75 bits per heavy atom. The lowest BCUT2D eigenvalue weighted by Gasteiger charge is -2.08. The minimum Gasteiger partial charge on any atom is -0.373 e. The molecule has 0 saturated heterocycles. The van der Waals surface area contributed by atoms with Crippen LogP contribution in [0.5, 0.6) is 0 Å². The molecule has 2 saturated carbocycles. The minimum absolute atomic E-state index is 0.621. The van der Waals surface area contributed by atoms with Gasteiger partial charge in [0.25, 0.3) is 0 Å². The predicted molar refractivity (Wildman–Crippen MR) is 78.2 cm³/mol. The van der Waals surface area contributed by atoms with E-state index in [1.165, 1.54) is 31.5 Å². The lowest BCUT2D eigenvalue weighted by atomic mass is 10.4. The highest BCUT2D eigenvalue weighted by Gasteiger charge is 2.36. The normalized spacial score (nSPS) is 18.2. The van der Waals surface area contributed by atoms with E-state index < -0.39 is 0 Å². The second-order valence-corrected chi connectivity index (χ2v) is 6.42. The van der Waals surface area contributed by atoms with Crippen molar-refractivity contribution in [2.24, 2.45) is 0 Å². The summed E-state index contributed by atoms with van der Waals surface area (Å²) in [6.07, 6.45) is 5.05. The molecule has 2 aromatic rings. The van der Waals surface area contributed by atoms with Gasteiger partial charge >= 0.3 is 0 Å². The van der Waals surface area contributed by atoms with E-state index in [1.54, 1.807) is 11.8 Å². The number of nitrogens with one attached hydrogen (secondary N) is 1. The van der Waals surface area contributed by atoms with Crippen molar-refractivity contribution < 1.29 is 0 Å². The van der Waals surface area contributed by atoms with E-state index in [-0.39, 0.29) is 0 Å². The molecule has 4 rings (SSSR count). The highest BCUT2D eigenvalue weighted by molar-refractivity contribution is 7.99. The third-order valence-electron chi connectivity index (χ3n) is 3.72. The molecule has 104 valence electrons. The van der Waals surface area contributed by atoms with E-state index in [2.05, 4.69) is 25.1 Å². The van der Waals surface area contributed by atoms with Gasteiger partial charge in [-0.05, 0) is 49.6 Å². The van der Waals surface area contributed by atoms with E-state index >= 15 is 0 Å². The SMILES string of the molecule is CNc1cccc(Sc2nnc(C3CC3)n2C2CC2)n1. The van der Waals surface area contributed by atoms with Crippen LogP contribution in [-0.4, -0.2) is 26.8 Å². The Hall–Kier alpha value is -1.56. The van der Waals surface area contributed by atoms with Crippen molar-refractivity contribution in [3.05, 3.63) is 24.0 Å². The van der Waals surface area contributed by atoms with Gasteiger partial charge in [0.15, 0.2) is 5.16 Å². The summed E-state index contributed by atoms with van der Waals surface area (Å²) in [5, 5.41) is 13.9. The van der Waals surface area contributed by atoms with E-state index in [0.717, 1.165) is 16.0 Å². The smallest absolute Gasteiger partial charge is 0.197 e. The van der Waals surface area contributed by atoms with Crippen LogP contribution in [0, 0.1) is 0 Å². The highest BCUT2D eigenvalue weighted by atomic mass is 32.2. The molecule has 0 aromatic carbocycles. The van der Waals surface area contributed by atoms with Crippen LogP contribution in [0.3, 0.4) is 0 Å². The Bertz CT molecular complexity index is 630. The lowest BCUT2D eigenvalue weighted by Crippen LogP contribution is -2.02. The molecule has 20 heavy (non-hydrogen) atoms. The fourth-order valence-corrected chi connectivity index (χ4v) is 3.26. The first-order valence-corrected chi connectivity index (χ1v) is 7.94. The predicted octanol–water partition coefficient (Wildman–Crippen LogP) is 3.08. The van der Waals surface area contributed by atoms with Crippen LogP contribution in [0.2, 0.25) is 0 Å². The molecule has 0 unspecified atom stereocenters. The van der Waals surface area contributed by atoms with Crippen LogP contribution in [0.1, 0.15) is 43.5 Å². The fourth-order valence-electron chi connectivity index (χ4n) is 2.36. The summed E-state index contributed by atoms with van der Waals surface area (Å²) in [6, 6.07) is 6.62. The van der Waals surface area contributed by atoms with Gasteiger partial charge < -0.3 is 9.88 Å². The van der Waals surface area contributed by atoms with Crippen LogP contribution >= 0.6 is 11.8 Å². The standard InChI is InChI=1S/C14H17N5S/c1-15-11-3-2-4-12(16-11)20-14-18-17-13(9-5-6-9)19(14)10-7-8-10/h2-4,9-10H,5-8H2,1H3,(H,15,16). The Kier molecular flexibility index (Phi) is 2.91. The van der Waals surface area contributed by atoms with E-state index in [9.17, 15) is 0 Å². The van der Waals surface area contributed by atoms with Gasteiger partial charge in [-0.3, -0.25) is 0 Å². The van der Waals surface area contributed by atoms with Gasteiger partial charge in [0.2, 0.25) is 0 Å². The number of pyridine rings is 1. The summed E-state index contributed by atoms with van der Waals surface area (Å²) in [4.78, 5) is 4.55. The molecule has 0 atom stereocenters. The Morgan fingerprint density at radius 1 is 1.20 bits per heavy atom. The topological polar surface area (TPSA) is 55.6 Å². The molecule has 2 aliphatic rings. The average molecular weight is 287 g/mol. The molecule has 0 bridgehead atoms. The number of nitrogens with zero attached hydrogens (tertiary/aromatic N) is 4. The van der Waals surface area contributed by atoms with Crippen molar-refractivity contribution in [2.75, 3.05) is 12.4 Å². The third-order valence-corrected chi connectivity index (χ3v) is 4.62. The molecule has 0 radical (unpaired) electrons. The number of rotatable bonds is 5. The lowest BCUT2D eigenvalue weighted by molar-refractivity contribution is 0.626. The van der Waals surface area contributed by atoms with Crippen LogP contribution in [-0.2, 0) is 0 Å². The Morgan fingerprint density at radius 2 is 2.05 bits per heavy atom. The summed E-state index contributed by atoms with van der Waals surface area (Å²) in [5.41, 5.74) is 0. The number of aromatic nitrogens is 4. The van der Waals surface area contributed by atoms with Crippen molar-refractivity contribution in [3.63, 3.8) is 0 Å². The van der Waals surface area contributed by atoms with E-state index in [4.69, 9.17) is 0 Å². The second-order valence-electron chi connectivity index (χ2n) is 5.43. The largest absolute Gasteiger partial charge is 0.373 e. The summed E-state index contributed by atoms with van der Waals surface area (Å²) in [6.45, 7) is 0. The van der Waals surface area contributed by atoms with Crippen LogP contribution in [0.15, 0.2) is 28.4 Å². The summed E-state index contributed by atoms with van der Waals surface area (Å²) in [5.74, 6) is 2.73. The van der Waals surface area contributed by atoms with Gasteiger partial charge in [-0.2, -0.15) is 0 Å². The maximum atomic E-state index is 4.55. The molecule has 0 aliphatic heterocycles. The molecule has 0 spiro atoms. The first-order valence-electron chi connectivity index (χ1n) is 7.12. The quantitative estimate of drug-likeness (QED) is 0.916. The van der Waals surface area contributed by atoms with Gasteiger partial charge in [-0.1, -0.05) is 6.07 Å². The summed E-state index contributed by atoms with van der Waals surface area (Å²) < 4.78 is 2.36. The van der Waals surface area contributed by atoms with Gasteiger partial charge in [0, 0.05) is 19.0 Å². The average Bonchev–Trinajstić information content (AvgIpc) is 3.38. The monoisotopic (exact) mass is 287 g/mol. The van der Waals surface area contributed by atoms with Crippen molar-refractivity contribution in [3.8, 4) is 0 Å². The van der Waals surface area contributed by atoms with Crippen LogP contribution in [0.4, 0.5) is 5.82 Å². The van der Waals surface area contributed by atoms with Gasteiger partial charge in [-0.15, -0.1) is 10.2 Å². The van der Waals surface area contributed by atoms with Crippen molar-refractivity contribution >= 4 is 17.6 Å². The summed E-state index contributed by atoms with van der Waals surface area (Å²) >= 11 is 1.62. The van der Waals surface area contributed by atoms with Crippen LogP contribution in [0.25, 0.3) is 0 Å². The maximum absolute atomic E-state index is 4.55. The minimum atomic E-state index is 0.621. The van der Waals surface area contributed by atoms with Gasteiger partial charge in [-0.25, -0.2) is 4.98 Å². The molecular weight excluding hydrogens is 270 g/mol. The Balaban J connectivity index is 1.64. The molecule has 2 aromatic heterocycles. The zero-order valence-corrected chi connectivity index (χ0v) is 12.2. The van der Waals surface area contributed by atoms with Crippen LogP contribution < -0.4 is 5.32 Å². The highest BCUT2D eigenvalue weighted by Crippen LogP contribution is 2.46. The summed E-state index contributed by atoms with van der Waals surface area (Å²) in [7, 11) is 1.88. The number of hydrogen-bond acceptors (Lipinski definition) is 5. The molecule has 1 N–H and O–H groups in total. The second kappa shape index (κ2) is 4.77. The molecule has 2 aliphatic carbocycles. The molecule has 6 heteroatoms. The number of anilines is 1. The van der Waals surface area contributed by atoms with Gasteiger partial charge in [0.1, 0.15) is 16.7 Å². The number of hydrogen-bond donors (Lipinski definition) is 1. The zero-order chi connectivity index (χ0) is 13.5. The Labute approximate surface area is 122 Å². The van der Waals surface area contributed by atoms with Gasteiger partial charge in [0.05, 0.1) is 0 Å². The molecule has 2 heterocycles. The van der Waals surface area contributed by atoms with E-state index in [0.29, 0.717) is 12.0 Å².